The van der Waals surface area contributed by atoms with Crippen LogP contribution in [0.15, 0.2) is 41.4 Å². The van der Waals surface area contributed by atoms with E-state index in [1.54, 1.807) is 50.6 Å². The summed E-state index contributed by atoms with van der Waals surface area (Å²) in [5.41, 5.74) is 1.98. The fraction of sp³-hybridized carbons (Fsp3) is 0.333. The van der Waals surface area contributed by atoms with E-state index in [-0.39, 0.29) is 12.1 Å². The van der Waals surface area contributed by atoms with Crippen LogP contribution in [-0.4, -0.2) is 32.0 Å². The fourth-order valence-corrected chi connectivity index (χ4v) is 2.52. The highest BCUT2D eigenvalue weighted by molar-refractivity contribution is 6.32. The third-order valence-corrected chi connectivity index (χ3v) is 4.17. The molecule has 144 valence electrons. The summed E-state index contributed by atoms with van der Waals surface area (Å²) in [5.74, 6) is 0.743. The van der Waals surface area contributed by atoms with Crippen LogP contribution in [0.3, 0.4) is 0 Å². The maximum absolute atomic E-state index is 11.7. The van der Waals surface area contributed by atoms with Gasteiger partial charge in [0.2, 0.25) is 0 Å². The van der Waals surface area contributed by atoms with E-state index in [9.17, 15) is 4.79 Å². The van der Waals surface area contributed by atoms with Gasteiger partial charge in [-0.05, 0) is 62.2 Å². The molecule has 2 aromatic rings. The van der Waals surface area contributed by atoms with Gasteiger partial charge in [-0.25, -0.2) is 4.79 Å². The Morgan fingerprint density at radius 1 is 1.22 bits per heavy atom. The predicted octanol–water partition coefficient (Wildman–Crippen LogP) is 5.45. The number of methoxy groups -OCH3 is 1. The summed E-state index contributed by atoms with van der Waals surface area (Å²) >= 11 is 6.36. The van der Waals surface area contributed by atoms with Gasteiger partial charge in [-0.15, -0.1) is 0 Å². The topological polar surface area (TPSA) is 57.1 Å². The lowest BCUT2D eigenvalue weighted by atomic mass is 10.2. The molecule has 1 atom stereocenters. The highest BCUT2D eigenvalue weighted by Gasteiger charge is 2.14. The zero-order chi connectivity index (χ0) is 19.8. The van der Waals surface area contributed by atoms with Crippen molar-refractivity contribution in [2.75, 3.05) is 13.7 Å². The van der Waals surface area contributed by atoms with Gasteiger partial charge in [0.1, 0.15) is 0 Å². The Labute approximate surface area is 164 Å². The first kappa shape index (κ1) is 20.8. The highest BCUT2D eigenvalue weighted by atomic mass is 35.5. The van der Waals surface area contributed by atoms with Gasteiger partial charge in [-0.1, -0.05) is 18.5 Å². The van der Waals surface area contributed by atoms with Crippen molar-refractivity contribution >= 4 is 29.5 Å². The molecule has 27 heavy (non-hydrogen) atoms. The van der Waals surface area contributed by atoms with Crippen LogP contribution in [0.4, 0.5) is 5.69 Å². The molecular formula is C21H24ClNO4. The van der Waals surface area contributed by atoms with E-state index >= 15 is 0 Å². The second-order valence-corrected chi connectivity index (χ2v) is 6.30. The third kappa shape index (κ3) is 5.73. The van der Waals surface area contributed by atoms with Crippen LogP contribution in [-0.2, 0) is 4.74 Å². The van der Waals surface area contributed by atoms with Crippen LogP contribution in [0.5, 0.6) is 11.5 Å². The number of hydrogen-bond acceptors (Lipinski definition) is 5. The average Bonchev–Trinajstić information content (AvgIpc) is 2.68. The lowest BCUT2D eigenvalue weighted by molar-refractivity contribution is 0.0526. The van der Waals surface area contributed by atoms with Crippen LogP contribution >= 0.6 is 11.6 Å². The molecule has 0 amide bonds. The Morgan fingerprint density at radius 3 is 2.52 bits per heavy atom. The molecule has 0 heterocycles. The number of rotatable bonds is 8. The van der Waals surface area contributed by atoms with Gasteiger partial charge in [-0.2, -0.15) is 0 Å². The molecular weight excluding hydrogens is 366 g/mol. The van der Waals surface area contributed by atoms with Gasteiger partial charge in [0.15, 0.2) is 11.5 Å². The fourth-order valence-electron chi connectivity index (χ4n) is 2.26. The molecule has 0 aliphatic rings. The Balaban J connectivity index is 2.19. The summed E-state index contributed by atoms with van der Waals surface area (Å²) in [6.07, 6.45) is 2.58. The summed E-state index contributed by atoms with van der Waals surface area (Å²) in [4.78, 5) is 16.1. The van der Waals surface area contributed by atoms with Gasteiger partial charge in [0.05, 0.1) is 36.1 Å². The molecule has 2 rings (SSSR count). The number of hydrogen-bond donors (Lipinski definition) is 0. The monoisotopic (exact) mass is 389 g/mol. The van der Waals surface area contributed by atoms with Gasteiger partial charge >= 0.3 is 5.97 Å². The maximum atomic E-state index is 11.7. The second kappa shape index (κ2) is 9.97. The summed E-state index contributed by atoms with van der Waals surface area (Å²) in [5, 5.41) is 0.466. The van der Waals surface area contributed by atoms with E-state index in [0.29, 0.717) is 34.4 Å². The largest absolute Gasteiger partial charge is 0.493 e. The molecule has 0 spiro atoms. The van der Waals surface area contributed by atoms with E-state index in [4.69, 9.17) is 25.8 Å². The van der Waals surface area contributed by atoms with E-state index in [2.05, 4.69) is 4.99 Å². The predicted molar refractivity (Wildman–Crippen MR) is 108 cm³/mol. The van der Waals surface area contributed by atoms with Crippen molar-refractivity contribution in [1.29, 1.82) is 0 Å². The van der Waals surface area contributed by atoms with E-state index in [1.807, 2.05) is 19.9 Å². The summed E-state index contributed by atoms with van der Waals surface area (Å²) in [6, 6.07) is 10.5. The van der Waals surface area contributed by atoms with Crippen molar-refractivity contribution in [3.63, 3.8) is 0 Å². The lowest BCUT2D eigenvalue weighted by Crippen LogP contribution is -2.11. The molecule has 0 N–H and O–H groups in total. The minimum Gasteiger partial charge on any atom is -0.493 e. The molecule has 6 heteroatoms. The molecule has 0 aromatic heterocycles. The minimum atomic E-state index is -0.346. The van der Waals surface area contributed by atoms with Crippen molar-refractivity contribution < 1.29 is 19.0 Å². The van der Waals surface area contributed by atoms with Gasteiger partial charge in [-0.3, -0.25) is 4.99 Å². The number of halogens is 1. The number of carbonyl (C=O) groups is 1. The first-order valence-electron chi connectivity index (χ1n) is 8.83. The summed E-state index contributed by atoms with van der Waals surface area (Å²) in [6.45, 7) is 6.14. The van der Waals surface area contributed by atoms with Crippen molar-refractivity contribution in [3.8, 4) is 11.5 Å². The first-order chi connectivity index (χ1) is 13.0. The van der Waals surface area contributed by atoms with Gasteiger partial charge in [0, 0.05) is 6.21 Å². The Morgan fingerprint density at radius 2 is 1.93 bits per heavy atom. The first-order valence-corrected chi connectivity index (χ1v) is 9.21. The zero-order valence-corrected chi connectivity index (χ0v) is 16.7. The summed E-state index contributed by atoms with van der Waals surface area (Å²) < 4.78 is 16.2. The molecule has 0 bridgehead atoms. The average molecular weight is 390 g/mol. The minimum absolute atomic E-state index is 0.0360. The smallest absolute Gasteiger partial charge is 0.338 e. The number of ether oxygens (including phenoxy) is 3. The van der Waals surface area contributed by atoms with Gasteiger partial charge < -0.3 is 14.2 Å². The van der Waals surface area contributed by atoms with Crippen LogP contribution in [0.25, 0.3) is 0 Å². The molecule has 2 aromatic carbocycles. The molecule has 0 radical (unpaired) electrons. The maximum Gasteiger partial charge on any atom is 0.338 e. The van der Waals surface area contributed by atoms with Crippen molar-refractivity contribution in [2.24, 2.45) is 4.99 Å². The van der Waals surface area contributed by atoms with E-state index in [0.717, 1.165) is 12.0 Å². The number of benzene rings is 2. The van der Waals surface area contributed by atoms with Crippen molar-refractivity contribution in [2.45, 2.75) is 33.3 Å². The second-order valence-electron chi connectivity index (χ2n) is 5.90. The molecule has 0 aliphatic heterocycles. The van der Waals surface area contributed by atoms with Crippen molar-refractivity contribution in [3.05, 3.63) is 52.5 Å². The van der Waals surface area contributed by atoms with Crippen LogP contribution in [0.2, 0.25) is 5.02 Å². The van der Waals surface area contributed by atoms with Crippen LogP contribution in [0.1, 0.15) is 43.1 Å². The molecule has 0 fully saturated rings. The summed E-state index contributed by atoms with van der Waals surface area (Å²) in [7, 11) is 1.57. The van der Waals surface area contributed by atoms with Crippen LogP contribution in [0, 0.1) is 0 Å². The molecule has 0 saturated heterocycles. The Kier molecular flexibility index (Phi) is 7.67. The molecule has 0 saturated carbocycles. The van der Waals surface area contributed by atoms with E-state index in [1.165, 1.54) is 0 Å². The van der Waals surface area contributed by atoms with E-state index < -0.39 is 0 Å². The third-order valence-electron chi connectivity index (χ3n) is 3.89. The SMILES string of the molecule is CCOC(=O)c1ccc(N=Cc2cc(Cl)c(O[C@@H](C)CC)c(OC)c2)cc1. The standard InChI is InChI=1S/C21H24ClNO4/c1-5-14(3)27-20-18(22)11-15(12-19(20)25-4)13-23-17-9-7-16(8-10-17)21(24)26-6-2/h7-14H,5-6H2,1-4H3/t14-/m0/s1. The number of carbonyl (C=O) groups excluding carboxylic acids is 1. The quantitative estimate of drug-likeness (QED) is 0.444. The number of esters is 1. The normalized spacial score (nSPS) is 12.0. The number of nitrogens with zero attached hydrogens (tertiary/aromatic N) is 1. The van der Waals surface area contributed by atoms with Gasteiger partial charge in [0.25, 0.3) is 0 Å². The molecule has 0 unspecified atom stereocenters. The van der Waals surface area contributed by atoms with Crippen molar-refractivity contribution in [1.82, 2.24) is 0 Å². The number of aliphatic imine (C=N–C) groups is 1. The molecule has 0 aliphatic carbocycles. The van der Waals surface area contributed by atoms with Crippen LogP contribution < -0.4 is 9.47 Å². The Hall–Kier alpha value is -2.53. The lowest BCUT2D eigenvalue weighted by Gasteiger charge is -2.17. The Bertz CT molecular complexity index is 803. The zero-order valence-electron chi connectivity index (χ0n) is 16.0. The highest BCUT2D eigenvalue weighted by Crippen LogP contribution is 2.37. The molecule has 5 nitrogen and oxygen atoms in total.